The second kappa shape index (κ2) is 6.06. The van der Waals surface area contributed by atoms with E-state index >= 15 is 0 Å². The molecule has 0 saturated heterocycles. The number of nitrogens with zero attached hydrogens (tertiary/aromatic N) is 1. The highest BCUT2D eigenvalue weighted by Crippen LogP contribution is 2.27. The van der Waals surface area contributed by atoms with Crippen molar-refractivity contribution >= 4 is 5.69 Å². The summed E-state index contributed by atoms with van der Waals surface area (Å²) in [5, 5.41) is 9.79. The van der Waals surface area contributed by atoms with Crippen molar-refractivity contribution in [3.8, 4) is 0 Å². The number of anilines is 1. The lowest BCUT2D eigenvalue weighted by Crippen LogP contribution is -2.18. The molecule has 2 aromatic carbocycles. The molecular weight excluding hydrogens is 253 g/mol. The van der Waals surface area contributed by atoms with Gasteiger partial charge in [0.1, 0.15) is 5.82 Å². The zero-order valence-electron chi connectivity index (χ0n) is 12.1. The van der Waals surface area contributed by atoms with E-state index < -0.39 is 6.10 Å². The molecule has 1 unspecified atom stereocenters. The lowest BCUT2D eigenvalue weighted by molar-refractivity contribution is 0.199. The van der Waals surface area contributed by atoms with Crippen molar-refractivity contribution in [1.29, 1.82) is 0 Å². The first kappa shape index (κ1) is 14.5. The number of aryl methyl sites for hydroxylation is 1. The molecule has 106 valence electrons. The van der Waals surface area contributed by atoms with Crippen LogP contribution in [0.5, 0.6) is 0 Å². The number of rotatable bonds is 4. The number of benzene rings is 2. The highest BCUT2D eigenvalue weighted by molar-refractivity contribution is 5.54. The molecule has 0 spiro atoms. The molecule has 2 nitrogen and oxygen atoms in total. The minimum absolute atomic E-state index is 0.326. The van der Waals surface area contributed by atoms with Crippen LogP contribution in [0.2, 0.25) is 0 Å². The Morgan fingerprint density at radius 2 is 1.80 bits per heavy atom. The van der Waals surface area contributed by atoms with Gasteiger partial charge in [-0.1, -0.05) is 29.8 Å². The topological polar surface area (TPSA) is 23.5 Å². The fourth-order valence-corrected chi connectivity index (χ4v) is 2.26. The van der Waals surface area contributed by atoms with Gasteiger partial charge in [0.15, 0.2) is 0 Å². The Bertz CT molecular complexity index is 578. The van der Waals surface area contributed by atoms with Crippen molar-refractivity contribution in [2.75, 3.05) is 11.9 Å². The monoisotopic (exact) mass is 273 g/mol. The Balaban J connectivity index is 2.24. The number of halogens is 1. The van der Waals surface area contributed by atoms with Gasteiger partial charge in [-0.3, -0.25) is 0 Å². The Morgan fingerprint density at radius 3 is 2.40 bits per heavy atom. The van der Waals surface area contributed by atoms with E-state index in [1.54, 1.807) is 13.0 Å². The van der Waals surface area contributed by atoms with E-state index in [-0.39, 0.29) is 5.82 Å². The molecular formula is C17H20FNO. The van der Waals surface area contributed by atoms with Gasteiger partial charge in [-0.2, -0.15) is 0 Å². The molecule has 2 rings (SSSR count). The van der Waals surface area contributed by atoms with Crippen LogP contribution >= 0.6 is 0 Å². The van der Waals surface area contributed by atoms with Gasteiger partial charge in [-0.15, -0.1) is 0 Å². The third-order valence-corrected chi connectivity index (χ3v) is 3.39. The molecule has 0 aliphatic carbocycles. The minimum Gasteiger partial charge on any atom is -0.389 e. The van der Waals surface area contributed by atoms with Crippen LogP contribution in [-0.4, -0.2) is 12.2 Å². The molecule has 2 aromatic rings. The van der Waals surface area contributed by atoms with Crippen LogP contribution in [0.3, 0.4) is 0 Å². The smallest absolute Gasteiger partial charge is 0.123 e. The lowest BCUT2D eigenvalue weighted by atomic mass is 10.1. The quantitative estimate of drug-likeness (QED) is 0.915. The van der Waals surface area contributed by atoms with Gasteiger partial charge < -0.3 is 10.0 Å². The van der Waals surface area contributed by atoms with Crippen molar-refractivity contribution in [2.45, 2.75) is 26.5 Å². The number of hydrogen-bond donors (Lipinski definition) is 1. The maximum atomic E-state index is 13.3. The van der Waals surface area contributed by atoms with Gasteiger partial charge in [0.05, 0.1) is 6.10 Å². The molecule has 3 heteroatoms. The Labute approximate surface area is 119 Å². The van der Waals surface area contributed by atoms with Gasteiger partial charge in [0.2, 0.25) is 0 Å². The molecule has 0 saturated carbocycles. The first-order chi connectivity index (χ1) is 9.47. The summed E-state index contributed by atoms with van der Waals surface area (Å²) in [4.78, 5) is 2.02. The van der Waals surface area contributed by atoms with Gasteiger partial charge in [0.25, 0.3) is 0 Å². The van der Waals surface area contributed by atoms with Gasteiger partial charge in [-0.25, -0.2) is 4.39 Å². The molecule has 0 aliphatic heterocycles. The van der Waals surface area contributed by atoms with E-state index in [4.69, 9.17) is 0 Å². The number of aliphatic hydroxyl groups is 1. The maximum absolute atomic E-state index is 13.3. The fourth-order valence-electron chi connectivity index (χ4n) is 2.26. The molecule has 20 heavy (non-hydrogen) atoms. The van der Waals surface area contributed by atoms with Gasteiger partial charge in [0, 0.05) is 24.8 Å². The Kier molecular flexibility index (Phi) is 4.40. The minimum atomic E-state index is -0.693. The second-order valence-corrected chi connectivity index (χ2v) is 5.22. The third-order valence-electron chi connectivity index (χ3n) is 3.39. The van der Waals surface area contributed by atoms with Crippen LogP contribution < -0.4 is 4.90 Å². The summed E-state index contributed by atoms with van der Waals surface area (Å²) >= 11 is 0. The summed E-state index contributed by atoms with van der Waals surface area (Å²) in [5.74, 6) is -0.326. The predicted molar refractivity (Wildman–Crippen MR) is 80.3 cm³/mol. The lowest BCUT2D eigenvalue weighted by Gasteiger charge is -2.24. The molecule has 0 aliphatic rings. The van der Waals surface area contributed by atoms with Crippen molar-refractivity contribution in [3.63, 3.8) is 0 Å². The predicted octanol–water partition coefficient (Wildman–Crippen LogP) is 3.82. The number of hydrogen-bond acceptors (Lipinski definition) is 2. The average Bonchev–Trinajstić information content (AvgIpc) is 2.41. The van der Waals surface area contributed by atoms with Crippen molar-refractivity contribution in [1.82, 2.24) is 0 Å². The van der Waals surface area contributed by atoms with Crippen LogP contribution in [0.4, 0.5) is 10.1 Å². The molecule has 1 N–H and O–H groups in total. The van der Waals surface area contributed by atoms with E-state index in [0.29, 0.717) is 12.1 Å². The molecule has 0 aromatic heterocycles. The van der Waals surface area contributed by atoms with Crippen LogP contribution in [0, 0.1) is 12.7 Å². The first-order valence-electron chi connectivity index (χ1n) is 6.71. The zero-order chi connectivity index (χ0) is 14.7. The maximum Gasteiger partial charge on any atom is 0.123 e. The van der Waals surface area contributed by atoms with Crippen molar-refractivity contribution in [3.05, 3.63) is 65.0 Å². The molecule has 0 amide bonds. The fraction of sp³-hybridized carbons (Fsp3) is 0.294. The van der Waals surface area contributed by atoms with Crippen LogP contribution in [0.15, 0.2) is 42.5 Å². The van der Waals surface area contributed by atoms with Crippen molar-refractivity contribution < 1.29 is 9.50 Å². The highest BCUT2D eigenvalue weighted by Gasteiger charge is 2.13. The summed E-state index contributed by atoms with van der Waals surface area (Å²) in [7, 11) is 1.94. The van der Waals surface area contributed by atoms with Gasteiger partial charge in [-0.05, 0) is 37.6 Å². The summed E-state index contributed by atoms with van der Waals surface area (Å²) in [5.41, 5.74) is 3.86. The zero-order valence-corrected chi connectivity index (χ0v) is 12.1. The number of aliphatic hydroxyl groups excluding tert-OH is 1. The summed E-state index contributed by atoms with van der Waals surface area (Å²) < 4.78 is 13.3. The van der Waals surface area contributed by atoms with Gasteiger partial charge >= 0.3 is 0 Å². The Hall–Kier alpha value is -1.87. The van der Waals surface area contributed by atoms with E-state index in [0.717, 1.165) is 5.69 Å². The van der Waals surface area contributed by atoms with Crippen LogP contribution in [0.25, 0.3) is 0 Å². The van der Waals surface area contributed by atoms with E-state index in [9.17, 15) is 9.50 Å². The van der Waals surface area contributed by atoms with Crippen molar-refractivity contribution in [2.24, 2.45) is 0 Å². The normalized spacial score (nSPS) is 12.2. The molecule has 0 bridgehead atoms. The first-order valence-corrected chi connectivity index (χ1v) is 6.71. The summed E-state index contributed by atoms with van der Waals surface area (Å²) in [6.07, 6.45) is -0.693. The summed E-state index contributed by atoms with van der Waals surface area (Å²) in [6, 6.07) is 12.8. The van der Waals surface area contributed by atoms with Crippen LogP contribution in [-0.2, 0) is 6.54 Å². The van der Waals surface area contributed by atoms with E-state index in [1.165, 1.54) is 23.3 Å². The molecule has 0 radical (unpaired) electrons. The molecule has 0 fully saturated rings. The Morgan fingerprint density at radius 1 is 1.15 bits per heavy atom. The highest BCUT2D eigenvalue weighted by atomic mass is 19.1. The standard InChI is InChI=1S/C17H20FNO/c1-12-4-6-14(7-5-12)11-19(3)17-9-8-15(18)10-16(17)13(2)20/h4-10,13,20H,11H2,1-3H3. The largest absolute Gasteiger partial charge is 0.389 e. The van der Waals surface area contributed by atoms with Crippen LogP contribution in [0.1, 0.15) is 29.7 Å². The molecule has 0 heterocycles. The third kappa shape index (κ3) is 3.36. The summed E-state index contributed by atoms with van der Waals surface area (Å²) in [6.45, 7) is 4.42. The SMILES string of the molecule is Cc1ccc(CN(C)c2ccc(F)cc2C(C)O)cc1. The second-order valence-electron chi connectivity index (χ2n) is 5.22. The molecule has 1 atom stereocenters. The van der Waals surface area contributed by atoms with E-state index in [2.05, 4.69) is 31.2 Å². The van der Waals surface area contributed by atoms with E-state index in [1.807, 2.05) is 11.9 Å². The average molecular weight is 273 g/mol.